The first-order valence-electron chi connectivity index (χ1n) is 5.90. The molecule has 4 nitrogen and oxygen atoms in total. The monoisotopic (exact) mass is 269 g/mol. The van der Waals surface area contributed by atoms with Gasteiger partial charge in [0.05, 0.1) is 12.6 Å². The van der Waals surface area contributed by atoms with Crippen molar-refractivity contribution in [3.63, 3.8) is 0 Å². The number of carbonyl (C=O) groups excluding carboxylic acids is 1. The van der Waals surface area contributed by atoms with Crippen molar-refractivity contribution in [3.8, 4) is 6.07 Å². The molecule has 1 unspecified atom stereocenters. The van der Waals surface area contributed by atoms with Gasteiger partial charge >= 0.3 is 0 Å². The Morgan fingerprint density at radius 1 is 1.53 bits per heavy atom. The van der Waals surface area contributed by atoms with Crippen LogP contribution in [-0.2, 0) is 6.54 Å². The van der Waals surface area contributed by atoms with Gasteiger partial charge in [-0.25, -0.2) is 4.98 Å². The fourth-order valence-electron chi connectivity index (χ4n) is 2.32. The van der Waals surface area contributed by atoms with Gasteiger partial charge in [0.25, 0.3) is 5.91 Å². The number of hydrogen-bond donors (Lipinski definition) is 0. The van der Waals surface area contributed by atoms with Crippen LogP contribution in [0.1, 0.15) is 32.5 Å². The van der Waals surface area contributed by atoms with Crippen molar-refractivity contribution in [1.29, 1.82) is 5.26 Å². The quantitative estimate of drug-likeness (QED) is 0.842. The van der Waals surface area contributed by atoms with Crippen LogP contribution in [0.2, 0.25) is 0 Å². The van der Waals surface area contributed by atoms with Crippen LogP contribution < -0.4 is 0 Å². The number of nitrogens with zero attached hydrogens (tertiary/aromatic N) is 3. The van der Waals surface area contributed by atoms with Crippen molar-refractivity contribution < 1.29 is 4.79 Å². The molecule has 1 aromatic carbocycles. The summed E-state index contributed by atoms with van der Waals surface area (Å²) in [5, 5.41) is 12.1. The molecule has 2 heterocycles. The fraction of sp³-hybridized carbons (Fsp3) is 0.214. The predicted octanol–water partition coefficient (Wildman–Crippen LogP) is 2.67. The average Bonchev–Trinajstić information content (AvgIpc) is 2.98. The summed E-state index contributed by atoms with van der Waals surface area (Å²) in [5.41, 5.74) is 2.50. The van der Waals surface area contributed by atoms with Crippen LogP contribution in [-0.4, -0.2) is 15.8 Å². The maximum absolute atomic E-state index is 12.4. The summed E-state index contributed by atoms with van der Waals surface area (Å²) in [6.07, 6.45) is 1.71. The number of thiazole rings is 1. The van der Waals surface area contributed by atoms with Crippen molar-refractivity contribution in [2.45, 2.75) is 19.5 Å². The fourth-order valence-corrected chi connectivity index (χ4v) is 2.94. The summed E-state index contributed by atoms with van der Waals surface area (Å²) in [4.78, 5) is 18.1. The molecule has 0 aliphatic carbocycles. The number of amides is 1. The van der Waals surface area contributed by atoms with E-state index in [-0.39, 0.29) is 5.91 Å². The number of aromatic nitrogens is 1. The molecule has 1 aliphatic heterocycles. The molecule has 3 rings (SSSR count). The van der Waals surface area contributed by atoms with Crippen LogP contribution in [0.3, 0.4) is 0 Å². The smallest absolute Gasteiger partial charge is 0.255 e. The van der Waals surface area contributed by atoms with Crippen LogP contribution in [0, 0.1) is 18.3 Å². The highest BCUT2D eigenvalue weighted by atomic mass is 32.1. The zero-order valence-electron chi connectivity index (χ0n) is 10.3. The molecule has 0 bridgehead atoms. The minimum absolute atomic E-state index is 0.0863. The molecule has 94 valence electrons. The van der Waals surface area contributed by atoms with Gasteiger partial charge in [0.15, 0.2) is 0 Å². The summed E-state index contributed by atoms with van der Waals surface area (Å²) in [6, 6.07) is 7.34. The lowest BCUT2D eigenvalue weighted by molar-refractivity contribution is 0.0744. The maximum Gasteiger partial charge on any atom is 0.255 e. The SMILES string of the molecule is Cc1ccc2c(c1)C(C#N)N(Cc1nccs1)C2=O. The third-order valence-corrected chi connectivity index (χ3v) is 3.98. The highest BCUT2D eigenvalue weighted by Gasteiger charge is 2.37. The largest absolute Gasteiger partial charge is 0.312 e. The molecule has 2 aromatic rings. The van der Waals surface area contributed by atoms with Crippen molar-refractivity contribution in [3.05, 3.63) is 51.5 Å². The van der Waals surface area contributed by atoms with Gasteiger partial charge in [0.1, 0.15) is 11.0 Å². The number of rotatable bonds is 2. The average molecular weight is 269 g/mol. The molecule has 0 N–H and O–H groups in total. The summed E-state index contributed by atoms with van der Waals surface area (Å²) >= 11 is 1.49. The van der Waals surface area contributed by atoms with Crippen LogP contribution in [0.25, 0.3) is 0 Å². The van der Waals surface area contributed by atoms with Gasteiger partial charge in [-0.1, -0.05) is 17.7 Å². The molecule has 0 spiro atoms. The topological polar surface area (TPSA) is 57.0 Å². The van der Waals surface area contributed by atoms with Crippen molar-refractivity contribution in [1.82, 2.24) is 9.88 Å². The van der Waals surface area contributed by atoms with E-state index >= 15 is 0 Å². The standard InChI is InChI=1S/C14H11N3OS/c1-9-2-3-10-11(6-9)12(7-15)17(14(10)18)8-13-16-4-5-19-13/h2-6,12H,8H2,1H3. The Morgan fingerprint density at radius 2 is 2.37 bits per heavy atom. The van der Waals surface area contributed by atoms with Gasteiger partial charge in [-0.2, -0.15) is 5.26 Å². The number of nitriles is 1. The highest BCUT2D eigenvalue weighted by molar-refractivity contribution is 7.09. The first kappa shape index (κ1) is 11.9. The number of hydrogen-bond acceptors (Lipinski definition) is 4. The predicted molar refractivity (Wildman–Crippen MR) is 71.5 cm³/mol. The van der Waals surface area contributed by atoms with Crippen molar-refractivity contribution in [2.24, 2.45) is 0 Å². The summed E-state index contributed by atoms with van der Waals surface area (Å²) < 4.78 is 0. The van der Waals surface area contributed by atoms with E-state index in [4.69, 9.17) is 0 Å². The Labute approximate surface area is 114 Å². The minimum atomic E-state index is -0.508. The van der Waals surface area contributed by atoms with Gasteiger partial charge in [-0.3, -0.25) is 4.79 Å². The molecule has 1 amide bonds. The molecule has 1 atom stereocenters. The second kappa shape index (κ2) is 4.48. The van der Waals surface area contributed by atoms with Crippen LogP contribution in [0.15, 0.2) is 29.8 Å². The minimum Gasteiger partial charge on any atom is -0.312 e. The first-order chi connectivity index (χ1) is 9.20. The van der Waals surface area contributed by atoms with E-state index in [1.807, 2.05) is 24.4 Å². The normalized spacial score (nSPS) is 17.4. The van der Waals surface area contributed by atoms with Crippen LogP contribution in [0.4, 0.5) is 0 Å². The molecule has 0 saturated carbocycles. The molecule has 19 heavy (non-hydrogen) atoms. The Hall–Kier alpha value is -2.19. The third-order valence-electron chi connectivity index (χ3n) is 3.22. The van der Waals surface area contributed by atoms with Gasteiger partial charge in [0, 0.05) is 22.7 Å². The van der Waals surface area contributed by atoms with Crippen molar-refractivity contribution in [2.75, 3.05) is 0 Å². The van der Waals surface area contributed by atoms with Gasteiger partial charge in [-0.05, 0) is 13.0 Å². The molecular formula is C14H11N3OS. The number of aryl methyl sites for hydroxylation is 1. The lowest BCUT2D eigenvalue weighted by Gasteiger charge is -2.18. The maximum atomic E-state index is 12.4. The van der Waals surface area contributed by atoms with E-state index in [2.05, 4.69) is 11.1 Å². The number of fused-ring (bicyclic) bond motifs is 1. The van der Waals surface area contributed by atoms with E-state index in [0.717, 1.165) is 16.1 Å². The van der Waals surface area contributed by atoms with E-state index < -0.39 is 6.04 Å². The molecule has 1 aliphatic rings. The molecule has 0 radical (unpaired) electrons. The van der Waals surface area contributed by atoms with E-state index in [0.29, 0.717) is 12.1 Å². The second-order valence-electron chi connectivity index (χ2n) is 4.48. The Kier molecular flexibility index (Phi) is 2.80. The molecule has 0 saturated heterocycles. The Bertz CT molecular complexity index is 672. The Morgan fingerprint density at radius 3 is 3.05 bits per heavy atom. The molecule has 1 aromatic heterocycles. The van der Waals surface area contributed by atoms with E-state index in [1.54, 1.807) is 17.2 Å². The van der Waals surface area contributed by atoms with Crippen LogP contribution >= 0.6 is 11.3 Å². The first-order valence-corrected chi connectivity index (χ1v) is 6.78. The molecule has 0 fully saturated rings. The van der Waals surface area contributed by atoms with Gasteiger partial charge in [-0.15, -0.1) is 11.3 Å². The summed E-state index contributed by atoms with van der Waals surface area (Å²) in [6.45, 7) is 2.35. The van der Waals surface area contributed by atoms with Crippen LogP contribution in [0.5, 0.6) is 0 Å². The zero-order chi connectivity index (χ0) is 13.4. The lowest BCUT2D eigenvalue weighted by atomic mass is 10.0. The molecule has 5 heteroatoms. The highest BCUT2D eigenvalue weighted by Crippen LogP contribution is 2.35. The number of carbonyl (C=O) groups is 1. The van der Waals surface area contributed by atoms with Gasteiger partial charge in [0.2, 0.25) is 0 Å². The van der Waals surface area contributed by atoms with E-state index in [1.165, 1.54) is 11.3 Å². The molecular weight excluding hydrogens is 258 g/mol. The van der Waals surface area contributed by atoms with Crippen molar-refractivity contribution >= 4 is 17.2 Å². The van der Waals surface area contributed by atoms with E-state index in [9.17, 15) is 10.1 Å². The zero-order valence-corrected chi connectivity index (χ0v) is 11.1. The Balaban J connectivity index is 2.00. The lowest BCUT2D eigenvalue weighted by Crippen LogP contribution is -2.26. The summed E-state index contributed by atoms with van der Waals surface area (Å²) in [7, 11) is 0. The summed E-state index contributed by atoms with van der Waals surface area (Å²) in [5.74, 6) is -0.0863. The second-order valence-corrected chi connectivity index (χ2v) is 5.46. The third kappa shape index (κ3) is 1.90. The number of benzene rings is 1. The van der Waals surface area contributed by atoms with Gasteiger partial charge < -0.3 is 4.90 Å².